The first-order valence-corrected chi connectivity index (χ1v) is 11.7. The molecule has 2 aromatic carbocycles. The van der Waals surface area contributed by atoms with E-state index in [0.29, 0.717) is 28.8 Å². The van der Waals surface area contributed by atoms with Crippen LogP contribution in [-0.4, -0.2) is 58.6 Å². The quantitative estimate of drug-likeness (QED) is 0.587. The van der Waals surface area contributed by atoms with Crippen LogP contribution < -0.4 is 15.4 Å². The Morgan fingerprint density at radius 3 is 2.77 bits per heavy atom. The van der Waals surface area contributed by atoms with E-state index in [0.717, 1.165) is 23.8 Å². The van der Waals surface area contributed by atoms with Crippen LogP contribution in [0.3, 0.4) is 0 Å². The molecule has 1 heterocycles. The third-order valence-electron chi connectivity index (χ3n) is 4.73. The molecule has 1 aliphatic heterocycles. The Morgan fingerprint density at radius 1 is 1.26 bits per heavy atom. The van der Waals surface area contributed by atoms with Gasteiger partial charge in [-0.1, -0.05) is 17.7 Å². The molecule has 2 aromatic rings. The molecule has 0 radical (unpaired) electrons. The Bertz CT molecular complexity index is 1020. The third-order valence-corrected chi connectivity index (χ3v) is 6.77. The number of carbonyl (C=O) groups is 1. The van der Waals surface area contributed by atoms with Gasteiger partial charge < -0.3 is 20.1 Å². The van der Waals surface area contributed by atoms with Crippen molar-refractivity contribution in [2.45, 2.75) is 23.8 Å². The van der Waals surface area contributed by atoms with Crippen molar-refractivity contribution < 1.29 is 22.7 Å². The molecule has 31 heavy (non-hydrogen) atoms. The number of benzene rings is 2. The number of hydrogen-bond acceptors (Lipinski definition) is 6. The Balaban J connectivity index is 1.61. The molecule has 1 amide bonds. The van der Waals surface area contributed by atoms with Crippen LogP contribution in [0.15, 0.2) is 47.4 Å². The van der Waals surface area contributed by atoms with E-state index in [-0.39, 0.29) is 23.5 Å². The van der Waals surface area contributed by atoms with Crippen molar-refractivity contribution in [3.63, 3.8) is 0 Å². The monoisotopic (exact) mass is 467 g/mol. The number of halogens is 1. The lowest BCUT2D eigenvalue weighted by molar-refractivity contribution is -0.114. The number of ether oxygens (including phenoxy) is 2. The Kier molecular flexibility index (Phi) is 7.77. The maximum absolute atomic E-state index is 12.4. The normalized spacial score (nSPS) is 16.3. The van der Waals surface area contributed by atoms with E-state index in [1.165, 1.54) is 26.2 Å². The first-order valence-electron chi connectivity index (χ1n) is 9.86. The summed E-state index contributed by atoms with van der Waals surface area (Å²) in [6, 6.07) is 11.2. The molecule has 3 rings (SSSR count). The van der Waals surface area contributed by atoms with Gasteiger partial charge in [-0.2, -0.15) is 0 Å². The van der Waals surface area contributed by atoms with Gasteiger partial charge in [0, 0.05) is 31.4 Å². The van der Waals surface area contributed by atoms with E-state index < -0.39 is 10.0 Å². The molecule has 0 aliphatic carbocycles. The van der Waals surface area contributed by atoms with E-state index >= 15 is 0 Å². The van der Waals surface area contributed by atoms with Crippen LogP contribution in [0.5, 0.6) is 5.75 Å². The van der Waals surface area contributed by atoms with Crippen LogP contribution in [0, 0.1) is 0 Å². The number of nitrogens with zero attached hydrogens (tertiary/aromatic N) is 1. The van der Waals surface area contributed by atoms with Gasteiger partial charge in [0.2, 0.25) is 15.9 Å². The van der Waals surface area contributed by atoms with Crippen molar-refractivity contribution in [1.82, 2.24) is 4.31 Å². The van der Waals surface area contributed by atoms with E-state index in [1.54, 1.807) is 30.3 Å². The molecular weight excluding hydrogens is 442 g/mol. The highest BCUT2D eigenvalue weighted by atomic mass is 35.5. The summed E-state index contributed by atoms with van der Waals surface area (Å²) in [7, 11) is -0.685. The average Bonchev–Trinajstić information content (AvgIpc) is 3.25. The molecule has 168 valence electrons. The average molecular weight is 468 g/mol. The summed E-state index contributed by atoms with van der Waals surface area (Å²) in [4.78, 5) is 12.5. The van der Waals surface area contributed by atoms with E-state index in [2.05, 4.69) is 10.6 Å². The molecule has 0 aromatic heterocycles. The van der Waals surface area contributed by atoms with Crippen molar-refractivity contribution in [2.75, 3.05) is 44.5 Å². The minimum absolute atomic E-state index is 0.0543. The zero-order valence-corrected chi connectivity index (χ0v) is 19.0. The van der Waals surface area contributed by atoms with Gasteiger partial charge in [-0.15, -0.1) is 0 Å². The molecule has 1 fully saturated rings. The smallest absolute Gasteiger partial charge is 0.243 e. The van der Waals surface area contributed by atoms with E-state index in [1.807, 2.05) is 0 Å². The fraction of sp³-hybridized carbons (Fsp3) is 0.381. The highest BCUT2D eigenvalue weighted by Gasteiger charge is 2.19. The summed E-state index contributed by atoms with van der Waals surface area (Å²) >= 11 is 6.09. The predicted octanol–water partition coefficient (Wildman–Crippen LogP) is 3.20. The van der Waals surface area contributed by atoms with Crippen molar-refractivity contribution >= 4 is 38.9 Å². The van der Waals surface area contributed by atoms with Crippen LogP contribution in [0.2, 0.25) is 5.02 Å². The number of amides is 1. The summed E-state index contributed by atoms with van der Waals surface area (Å²) in [5, 5.41) is 6.23. The maximum atomic E-state index is 12.4. The molecule has 10 heteroatoms. The van der Waals surface area contributed by atoms with Crippen molar-refractivity contribution in [3.8, 4) is 5.75 Å². The highest BCUT2D eigenvalue weighted by molar-refractivity contribution is 7.89. The molecule has 1 unspecified atom stereocenters. The van der Waals surface area contributed by atoms with Gasteiger partial charge >= 0.3 is 0 Å². The number of rotatable bonds is 9. The highest BCUT2D eigenvalue weighted by Crippen LogP contribution is 2.29. The fourth-order valence-corrected chi connectivity index (χ4v) is 4.17. The Morgan fingerprint density at radius 2 is 2.06 bits per heavy atom. The SMILES string of the molecule is CN(C)S(=O)(=O)c1cccc(NC(=O)CNc2cc(Cl)ccc2OCC2CCCO2)c1. The summed E-state index contributed by atoms with van der Waals surface area (Å²) in [6.45, 7) is 1.12. The van der Waals surface area contributed by atoms with Crippen molar-refractivity contribution in [1.29, 1.82) is 0 Å². The Labute approximate surface area is 187 Å². The van der Waals surface area contributed by atoms with Gasteiger partial charge in [-0.05, 0) is 49.2 Å². The van der Waals surface area contributed by atoms with Crippen molar-refractivity contribution in [2.24, 2.45) is 0 Å². The zero-order chi connectivity index (χ0) is 22.4. The van der Waals surface area contributed by atoms with E-state index in [4.69, 9.17) is 21.1 Å². The number of carbonyl (C=O) groups excluding carboxylic acids is 1. The number of anilines is 2. The molecule has 1 aliphatic rings. The maximum Gasteiger partial charge on any atom is 0.243 e. The molecular formula is C21H26ClN3O5S. The first kappa shape index (κ1) is 23.3. The van der Waals surface area contributed by atoms with Crippen LogP contribution in [0.4, 0.5) is 11.4 Å². The molecule has 8 nitrogen and oxygen atoms in total. The second kappa shape index (κ2) is 10.3. The summed E-state index contributed by atoms with van der Waals surface area (Å²) in [5.74, 6) is 0.233. The largest absolute Gasteiger partial charge is 0.489 e. The van der Waals surface area contributed by atoms with Gasteiger partial charge in [0.05, 0.1) is 23.2 Å². The second-order valence-electron chi connectivity index (χ2n) is 7.30. The van der Waals surface area contributed by atoms with Crippen LogP contribution in [0.25, 0.3) is 0 Å². The summed E-state index contributed by atoms with van der Waals surface area (Å²) < 4.78 is 37.1. The van der Waals surface area contributed by atoms with Gasteiger partial charge in [-0.3, -0.25) is 4.79 Å². The fourth-order valence-electron chi connectivity index (χ4n) is 3.05. The van der Waals surface area contributed by atoms with Gasteiger partial charge in [0.1, 0.15) is 12.4 Å². The molecule has 0 spiro atoms. The minimum Gasteiger partial charge on any atom is -0.489 e. The van der Waals surface area contributed by atoms with Gasteiger partial charge in [0.15, 0.2) is 0 Å². The van der Waals surface area contributed by atoms with Gasteiger partial charge in [-0.25, -0.2) is 12.7 Å². The standard InChI is InChI=1S/C21H26ClN3O5S/c1-25(2)31(27,28)18-7-3-5-16(12-18)24-21(26)13-23-19-11-15(22)8-9-20(19)30-14-17-6-4-10-29-17/h3,5,7-9,11-12,17,23H,4,6,10,13-14H2,1-2H3,(H,24,26). The van der Waals surface area contributed by atoms with Crippen molar-refractivity contribution in [3.05, 3.63) is 47.5 Å². The molecule has 1 saturated heterocycles. The van der Waals surface area contributed by atoms with Gasteiger partial charge in [0.25, 0.3) is 0 Å². The molecule has 0 bridgehead atoms. The number of hydrogen-bond donors (Lipinski definition) is 2. The minimum atomic E-state index is -3.59. The predicted molar refractivity (Wildman–Crippen MR) is 120 cm³/mol. The molecule has 0 saturated carbocycles. The third kappa shape index (κ3) is 6.33. The number of sulfonamides is 1. The Hall–Kier alpha value is -2.33. The number of nitrogens with one attached hydrogen (secondary N) is 2. The summed E-state index contributed by atoms with van der Waals surface area (Å²) in [6.07, 6.45) is 2.05. The zero-order valence-electron chi connectivity index (χ0n) is 17.4. The van der Waals surface area contributed by atoms with Crippen LogP contribution in [-0.2, 0) is 19.6 Å². The van der Waals surface area contributed by atoms with E-state index in [9.17, 15) is 13.2 Å². The second-order valence-corrected chi connectivity index (χ2v) is 9.89. The molecule has 1 atom stereocenters. The molecule has 2 N–H and O–H groups in total. The summed E-state index contributed by atoms with van der Waals surface area (Å²) in [5.41, 5.74) is 0.972. The van der Waals surface area contributed by atoms with Crippen LogP contribution >= 0.6 is 11.6 Å². The topological polar surface area (TPSA) is 97.0 Å². The first-order chi connectivity index (χ1) is 14.8. The lowest BCUT2D eigenvalue weighted by Crippen LogP contribution is -2.24. The van der Waals surface area contributed by atoms with Crippen LogP contribution in [0.1, 0.15) is 12.8 Å². The lowest BCUT2D eigenvalue weighted by atomic mass is 10.2. The lowest BCUT2D eigenvalue weighted by Gasteiger charge is -2.16.